The van der Waals surface area contributed by atoms with E-state index in [1.807, 2.05) is 13.8 Å². The highest BCUT2D eigenvalue weighted by Gasteiger charge is 2.19. The highest BCUT2D eigenvalue weighted by Crippen LogP contribution is 2.21. The molecule has 0 aliphatic carbocycles. The van der Waals surface area contributed by atoms with Crippen LogP contribution >= 0.6 is 11.6 Å². The van der Waals surface area contributed by atoms with Gasteiger partial charge in [-0.05, 0) is 13.8 Å². The van der Waals surface area contributed by atoms with Gasteiger partial charge in [-0.2, -0.15) is 5.10 Å². The molecule has 0 saturated carbocycles. The van der Waals surface area contributed by atoms with Crippen molar-refractivity contribution in [2.24, 2.45) is 5.73 Å². The molecule has 0 fully saturated rings. The fourth-order valence-corrected chi connectivity index (χ4v) is 1.81. The Morgan fingerprint density at radius 3 is 2.82 bits per heavy atom. The molecule has 0 spiro atoms. The minimum absolute atomic E-state index is 0.0941. The summed E-state index contributed by atoms with van der Waals surface area (Å²) >= 11 is 6.11. The predicted octanol–water partition coefficient (Wildman–Crippen LogP) is 0.950. The second kappa shape index (κ2) is 6.14. The second-order valence-corrected chi connectivity index (χ2v) is 4.24. The van der Waals surface area contributed by atoms with Crippen molar-refractivity contribution in [1.82, 2.24) is 9.78 Å². The Hall–Kier alpha value is -0.910. The van der Waals surface area contributed by atoms with E-state index in [1.165, 1.54) is 7.11 Å². The number of hydrogen-bond acceptors (Lipinski definition) is 4. The van der Waals surface area contributed by atoms with Gasteiger partial charge in [-0.25, -0.2) is 0 Å². The molecule has 1 aromatic rings. The second-order valence-electron chi connectivity index (χ2n) is 3.87. The SMILES string of the molecule is CCn1nc(C)c(Cl)c1CC(=O)C(N)COC. The van der Waals surface area contributed by atoms with Crippen LogP contribution in [0.4, 0.5) is 0 Å². The van der Waals surface area contributed by atoms with Gasteiger partial charge in [0, 0.05) is 13.7 Å². The van der Waals surface area contributed by atoms with Crippen LogP contribution in [0, 0.1) is 6.92 Å². The molecule has 0 aromatic carbocycles. The molecule has 0 saturated heterocycles. The summed E-state index contributed by atoms with van der Waals surface area (Å²) in [5.74, 6) is -0.0941. The Labute approximate surface area is 106 Å². The molecular formula is C11H18ClN3O2. The smallest absolute Gasteiger partial charge is 0.157 e. The summed E-state index contributed by atoms with van der Waals surface area (Å²) in [6.45, 7) is 4.66. The van der Waals surface area contributed by atoms with Crippen LogP contribution in [0.15, 0.2) is 0 Å². The van der Waals surface area contributed by atoms with Crippen LogP contribution in [0.1, 0.15) is 18.3 Å². The van der Waals surface area contributed by atoms with Gasteiger partial charge in [0.15, 0.2) is 5.78 Å². The third-order valence-electron chi connectivity index (χ3n) is 2.55. The number of carbonyl (C=O) groups is 1. The standard InChI is InChI=1S/C11H18ClN3O2/c1-4-15-9(11(12)7(2)14-15)5-10(16)8(13)6-17-3/h8H,4-6,13H2,1-3H3. The van der Waals surface area contributed by atoms with Crippen molar-refractivity contribution < 1.29 is 9.53 Å². The Kier molecular flexibility index (Phi) is 5.11. The molecule has 0 bridgehead atoms. The van der Waals surface area contributed by atoms with Crippen LogP contribution < -0.4 is 5.73 Å². The molecule has 0 aliphatic rings. The van der Waals surface area contributed by atoms with Gasteiger partial charge in [-0.15, -0.1) is 0 Å². The molecule has 1 aromatic heterocycles. The number of rotatable bonds is 6. The van der Waals surface area contributed by atoms with Crippen molar-refractivity contribution in [1.29, 1.82) is 0 Å². The lowest BCUT2D eigenvalue weighted by atomic mass is 10.1. The molecular weight excluding hydrogens is 242 g/mol. The molecule has 2 N–H and O–H groups in total. The first-order valence-electron chi connectivity index (χ1n) is 5.50. The number of carbonyl (C=O) groups excluding carboxylic acids is 1. The van der Waals surface area contributed by atoms with Gasteiger partial charge >= 0.3 is 0 Å². The monoisotopic (exact) mass is 259 g/mol. The molecule has 1 unspecified atom stereocenters. The Balaban J connectivity index is 2.84. The zero-order valence-corrected chi connectivity index (χ0v) is 11.1. The van der Waals surface area contributed by atoms with Gasteiger partial charge in [0.25, 0.3) is 0 Å². The van der Waals surface area contributed by atoms with Crippen LogP contribution in [-0.2, 0) is 22.5 Å². The van der Waals surface area contributed by atoms with Gasteiger partial charge in [-0.3, -0.25) is 9.48 Å². The summed E-state index contributed by atoms with van der Waals surface area (Å²) in [5.41, 5.74) is 7.13. The molecule has 96 valence electrons. The van der Waals surface area contributed by atoms with Crippen LogP contribution in [0.2, 0.25) is 5.02 Å². The molecule has 17 heavy (non-hydrogen) atoms. The number of nitrogens with zero attached hydrogens (tertiary/aromatic N) is 2. The van der Waals surface area contributed by atoms with E-state index >= 15 is 0 Å². The number of halogens is 1. The minimum atomic E-state index is -0.614. The van der Waals surface area contributed by atoms with Crippen molar-refractivity contribution in [2.75, 3.05) is 13.7 Å². The summed E-state index contributed by atoms with van der Waals surface area (Å²) in [6.07, 6.45) is 0.192. The van der Waals surface area contributed by atoms with E-state index in [0.717, 1.165) is 11.4 Å². The fourth-order valence-electron chi connectivity index (χ4n) is 1.61. The lowest BCUT2D eigenvalue weighted by Crippen LogP contribution is -2.36. The maximum Gasteiger partial charge on any atom is 0.157 e. The van der Waals surface area contributed by atoms with E-state index in [1.54, 1.807) is 4.68 Å². The van der Waals surface area contributed by atoms with Gasteiger partial charge in [-0.1, -0.05) is 11.6 Å². The Bertz CT molecular complexity index is 404. The molecule has 1 atom stereocenters. The summed E-state index contributed by atoms with van der Waals surface area (Å²) in [4.78, 5) is 11.8. The number of ether oxygens (including phenoxy) is 1. The van der Waals surface area contributed by atoms with Crippen LogP contribution in [-0.4, -0.2) is 35.3 Å². The van der Waals surface area contributed by atoms with Gasteiger partial charge in [0.1, 0.15) is 0 Å². The van der Waals surface area contributed by atoms with E-state index < -0.39 is 6.04 Å². The predicted molar refractivity (Wildman–Crippen MR) is 66.2 cm³/mol. The van der Waals surface area contributed by atoms with Crippen molar-refractivity contribution >= 4 is 17.4 Å². The lowest BCUT2D eigenvalue weighted by Gasteiger charge is -2.10. The number of hydrogen-bond donors (Lipinski definition) is 1. The summed E-state index contributed by atoms with van der Waals surface area (Å²) in [6, 6.07) is -0.614. The van der Waals surface area contributed by atoms with E-state index in [4.69, 9.17) is 22.1 Å². The molecule has 6 heteroatoms. The van der Waals surface area contributed by atoms with E-state index in [2.05, 4.69) is 5.10 Å². The van der Waals surface area contributed by atoms with Crippen molar-refractivity contribution in [3.63, 3.8) is 0 Å². The number of nitrogens with two attached hydrogens (primary N) is 1. The summed E-state index contributed by atoms with van der Waals surface area (Å²) in [5, 5.41) is 4.79. The molecule has 1 rings (SSSR count). The zero-order chi connectivity index (χ0) is 13.0. The molecule has 0 aliphatic heterocycles. The maximum atomic E-state index is 11.8. The summed E-state index contributed by atoms with van der Waals surface area (Å²) in [7, 11) is 1.51. The average Bonchev–Trinajstić information content (AvgIpc) is 2.57. The van der Waals surface area contributed by atoms with Gasteiger partial charge in [0.05, 0.1) is 35.5 Å². The average molecular weight is 260 g/mol. The van der Waals surface area contributed by atoms with Crippen LogP contribution in [0.3, 0.4) is 0 Å². The molecule has 5 nitrogen and oxygen atoms in total. The Morgan fingerprint density at radius 1 is 1.65 bits per heavy atom. The third kappa shape index (κ3) is 3.28. The van der Waals surface area contributed by atoms with Crippen molar-refractivity contribution in [2.45, 2.75) is 32.9 Å². The van der Waals surface area contributed by atoms with E-state index in [-0.39, 0.29) is 18.8 Å². The largest absolute Gasteiger partial charge is 0.383 e. The Morgan fingerprint density at radius 2 is 2.29 bits per heavy atom. The molecule has 0 radical (unpaired) electrons. The highest BCUT2D eigenvalue weighted by atomic mass is 35.5. The minimum Gasteiger partial charge on any atom is -0.383 e. The first kappa shape index (κ1) is 14.2. The van der Waals surface area contributed by atoms with E-state index in [0.29, 0.717) is 11.6 Å². The first-order valence-corrected chi connectivity index (χ1v) is 5.88. The topological polar surface area (TPSA) is 70.1 Å². The number of ketones is 1. The third-order valence-corrected chi connectivity index (χ3v) is 3.05. The van der Waals surface area contributed by atoms with Crippen LogP contribution in [0.5, 0.6) is 0 Å². The number of Topliss-reactive ketones (excluding diaryl/α,β-unsaturated/α-hetero) is 1. The van der Waals surface area contributed by atoms with Crippen molar-refractivity contribution in [3.8, 4) is 0 Å². The highest BCUT2D eigenvalue weighted by molar-refractivity contribution is 6.32. The van der Waals surface area contributed by atoms with Gasteiger partial charge < -0.3 is 10.5 Å². The summed E-state index contributed by atoms with van der Waals surface area (Å²) < 4.78 is 6.58. The number of methoxy groups -OCH3 is 1. The van der Waals surface area contributed by atoms with Crippen molar-refractivity contribution in [3.05, 3.63) is 16.4 Å². The maximum absolute atomic E-state index is 11.8. The molecule has 0 amide bonds. The number of aryl methyl sites for hydroxylation is 2. The van der Waals surface area contributed by atoms with E-state index in [9.17, 15) is 4.79 Å². The fraction of sp³-hybridized carbons (Fsp3) is 0.636. The molecule has 1 heterocycles. The number of aromatic nitrogens is 2. The normalized spacial score (nSPS) is 12.8. The zero-order valence-electron chi connectivity index (χ0n) is 10.4. The van der Waals surface area contributed by atoms with Crippen LogP contribution in [0.25, 0.3) is 0 Å². The lowest BCUT2D eigenvalue weighted by molar-refractivity contribution is -0.120. The quantitative estimate of drug-likeness (QED) is 0.826. The van der Waals surface area contributed by atoms with Gasteiger partial charge in [0.2, 0.25) is 0 Å². The first-order chi connectivity index (χ1) is 8.01.